The number of alkyl halides is 3. The average molecular weight is 354 g/mol. The molecule has 2 rings (SSSR count). The van der Waals surface area contributed by atoms with E-state index in [0.717, 1.165) is 16.7 Å². The van der Waals surface area contributed by atoms with Gasteiger partial charge in [0.05, 0.1) is 12.5 Å². The summed E-state index contributed by atoms with van der Waals surface area (Å²) in [7, 11) is 0. The van der Waals surface area contributed by atoms with Crippen LogP contribution in [0.5, 0.6) is 5.75 Å². The van der Waals surface area contributed by atoms with Crippen molar-refractivity contribution in [2.75, 3.05) is 0 Å². The Labute approximate surface area is 142 Å². The number of aliphatic hydroxyl groups is 1. The molecule has 0 saturated heterocycles. The van der Waals surface area contributed by atoms with Gasteiger partial charge in [0.25, 0.3) is 0 Å². The number of rotatable bonds is 7. The van der Waals surface area contributed by atoms with E-state index in [1.54, 1.807) is 0 Å². The summed E-state index contributed by atoms with van der Waals surface area (Å²) in [5.74, 6) is -1.32. The van der Waals surface area contributed by atoms with Gasteiger partial charge in [0.15, 0.2) is 0 Å². The van der Waals surface area contributed by atoms with E-state index >= 15 is 0 Å². The molecule has 0 aliphatic rings. The van der Waals surface area contributed by atoms with Crippen molar-refractivity contribution in [2.45, 2.75) is 31.7 Å². The lowest BCUT2D eigenvalue weighted by Gasteiger charge is -2.10. The average Bonchev–Trinajstić information content (AvgIpc) is 2.52. The van der Waals surface area contributed by atoms with Crippen molar-refractivity contribution in [3.63, 3.8) is 0 Å². The number of carbonyl (C=O) groups is 1. The third-order valence-corrected chi connectivity index (χ3v) is 3.55. The fourth-order valence-electron chi connectivity index (χ4n) is 2.35. The van der Waals surface area contributed by atoms with Gasteiger partial charge in [-0.1, -0.05) is 36.4 Å². The lowest BCUT2D eigenvalue weighted by atomic mass is 10.0. The van der Waals surface area contributed by atoms with Crippen LogP contribution in [0.2, 0.25) is 0 Å². The zero-order valence-electron chi connectivity index (χ0n) is 13.2. The van der Waals surface area contributed by atoms with Crippen LogP contribution in [0.1, 0.15) is 18.4 Å². The Bertz CT molecular complexity index is 694. The van der Waals surface area contributed by atoms with Crippen molar-refractivity contribution in [3.05, 3.63) is 54.1 Å². The molecule has 2 aromatic rings. The maximum Gasteiger partial charge on any atom is 0.573 e. The van der Waals surface area contributed by atoms with E-state index in [1.165, 1.54) is 24.3 Å². The van der Waals surface area contributed by atoms with Crippen molar-refractivity contribution < 1.29 is 32.9 Å². The van der Waals surface area contributed by atoms with Gasteiger partial charge < -0.3 is 14.9 Å². The van der Waals surface area contributed by atoms with E-state index in [0.29, 0.717) is 12.8 Å². The minimum absolute atomic E-state index is 0.278. The summed E-state index contributed by atoms with van der Waals surface area (Å²) in [6.45, 7) is 0. The van der Waals surface area contributed by atoms with Crippen LogP contribution in [0.4, 0.5) is 13.2 Å². The summed E-state index contributed by atoms with van der Waals surface area (Å²) < 4.78 is 40.2. The fraction of sp³-hybridized carbons (Fsp3) is 0.278. The number of carboxylic acids is 1. The summed E-state index contributed by atoms with van der Waals surface area (Å²) in [5, 5.41) is 18.1. The Morgan fingerprint density at radius 3 is 2.00 bits per heavy atom. The van der Waals surface area contributed by atoms with Crippen LogP contribution in [0, 0.1) is 0 Å². The zero-order valence-corrected chi connectivity index (χ0v) is 13.2. The number of hydrogen-bond donors (Lipinski definition) is 2. The molecule has 134 valence electrons. The van der Waals surface area contributed by atoms with Crippen LogP contribution < -0.4 is 4.74 Å². The summed E-state index contributed by atoms with van der Waals surface area (Å²) in [6, 6.07) is 12.9. The van der Waals surface area contributed by atoms with Gasteiger partial charge in [-0.15, -0.1) is 13.2 Å². The lowest BCUT2D eigenvalue weighted by molar-refractivity contribution is -0.274. The summed E-state index contributed by atoms with van der Waals surface area (Å²) >= 11 is 0. The molecule has 2 aromatic carbocycles. The molecule has 2 N–H and O–H groups in total. The van der Waals surface area contributed by atoms with Gasteiger partial charge in [-0.05, 0) is 41.7 Å². The molecule has 0 radical (unpaired) electrons. The SMILES string of the molecule is O=C(O)CC(O)CCc1ccc(-c2ccc(OC(F)(F)F)cc2)cc1. The topological polar surface area (TPSA) is 66.8 Å². The van der Waals surface area contributed by atoms with Crippen molar-refractivity contribution in [1.82, 2.24) is 0 Å². The quantitative estimate of drug-likeness (QED) is 0.788. The highest BCUT2D eigenvalue weighted by atomic mass is 19.4. The van der Waals surface area contributed by atoms with E-state index in [1.807, 2.05) is 24.3 Å². The molecule has 0 spiro atoms. The number of aliphatic hydroxyl groups excluding tert-OH is 1. The van der Waals surface area contributed by atoms with Crippen molar-refractivity contribution >= 4 is 5.97 Å². The maximum absolute atomic E-state index is 12.1. The monoisotopic (exact) mass is 354 g/mol. The highest BCUT2D eigenvalue weighted by Gasteiger charge is 2.30. The zero-order chi connectivity index (χ0) is 18.4. The smallest absolute Gasteiger partial charge is 0.481 e. The Kier molecular flexibility index (Phi) is 6.03. The van der Waals surface area contributed by atoms with Gasteiger partial charge in [-0.2, -0.15) is 0 Å². The summed E-state index contributed by atoms with van der Waals surface area (Å²) in [4.78, 5) is 10.5. The second-order valence-electron chi connectivity index (χ2n) is 5.56. The maximum atomic E-state index is 12.1. The molecule has 0 fully saturated rings. The molecule has 1 atom stereocenters. The molecule has 25 heavy (non-hydrogen) atoms. The normalized spacial score (nSPS) is 12.6. The molecule has 0 amide bonds. The number of aliphatic carboxylic acids is 1. The van der Waals surface area contributed by atoms with Gasteiger partial charge in [-0.25, -0.2) is 0 Å². The van der Waals surface area contributed by atoms with Crippen LogP contribution in [-0.4, -0.2) is 28.6 Å². The molecule has 7 heteroatoms. The molecule has 0 bridgehead atoms. The predicted octanol–water partition coefficient (Wildman–Crippen LogP) is 4.02. The third kappa shape index (κ3) is 6.46. The highest BCUT2D eigenvalue weighted by Crippen LogP contribution is 2.26. The van der Waals surface area contributed by atoms with E-state index < -0.39 is 18.4 Å². The van der Waals surface area contributed by atoms with Crippen LogP contribution in [0.25, 0.3) is 11.1 Å². The number of hydrogen-bond acceptors (Lipinski definition) is 3. The first-order valence-electron chi connectivity index (χ1n) is 7.58. The number of halogens is 3. The van der Waals surface area contributed by atoms with E-state index in [4.69, 9.17) is 5.11 Å². The van der Waals surface area contributed by atoms with Gasteiger partial charge in [-0.3, -0.25) is 4.79 Å². The van der Waals surface area contributed by atoms with Gasteiger partial charge in [0.2, 0.25) is 0 Å². The Hall–Kier alpha value is -2.54. The molecule has 0 aliphatic heterocycles. The first-order chi connectivity index (χ1) is 11.7. The highest BCUT2D eigenvalue weighted by molar-refractivity contribution is 5.67. The standard InChI is InChI=1S/C18H17F3O4/c19-18(20,21)25-16-9-6-14(7-10-16)13-4-1-12(2-5-13)3-8-15(22)11-17(23)24/h1-2,4-7,9-10,15,22H,3,8,11H2,(H,23,24). The van der Waals surface area contributed by atoms with Crippen molar-refractivity contribution in [3.8, 4) is 16.9 Å². The summed E-state index contributed by atoms with van der Waals surface area (Å²) in [5.41, 5.74) is 2.51. The largest absolute Gasteiger partial charge is 0.573 e. The molecule has 0 aromatic heterocycles. The molecule has 1 unspecified atom stereocenters. The first-order valence-corrected chi connectivity index (χ1v) is 7.58. The van der Waals surface area contributed by atoms with Crippen molar-refractivity contribution in [2.24, 2.45) is 0 Å². The van der Waals surface area contributed by atoms with Gasteiger partial charge >= 0.3 is 12.3 Å². The van der Waals surface area contributed by atoms with Gasteiger partial charge in [0, 0.05) is 0 Å². The van der Waals surface area contributed by atoms with E-state index in [2.05, 4.69) is 4.74 Å². The third-order valence-electron chi connectivity index (χ3n) is 3.55. The Morgan fingerprint density at radius 1 is 1.00 bits per heavy atom. The lowest BCUT2D eigenvalue weighted by Crippen LogP contribution is -2.16. The van der Waals surface area contributed by atoms with E-state index in [9.17, 15) is 23.1 Å². The molecule has 0 saturated carbocycles. The van der Waals surface area contributed by atoms with Crippen LogP contribution >= 0.6 is 0 Å². The van der Waals surface area contributed by atoms with Crippen LogP contribution in [-0.2, 0) is 11.2 Å². The molecule has 0 aliphatic carbocycles. The van der Waals surface area contributed by atoms with Crippen LogP contribution in [0.3, 0.4) is 0 Å². The Balaban J connectivity index is 1.96. The minimum Gasteiger partial charge on any atom is -0.481 e. The Morgan fingerprint density at radius 2 is 1.52 bits per heavy atom. The number of aryl methyl sites for hydroxylation is 1. The molecular formula is C18H17F3O4. The van der Waals surface area contributed by atoms with Gasteiger partial charge in [0.1, 0.15) is 5.75 Å². The first kappa shape index (κ1) is 18.8. The number of benzene rings is 2. The number of carboxylic acid groups (broad SMARTS) is 1. The van der Waals surface area contributed by atoms with Crippen molar-refractivity contribution in [1.29, 1.82) is 0 Å². The predicted molar refractivity (Wildman–Crippen MR) is 85.1 cm³/mol. The second kappa shape index (κ2) is 8.02. The fourth-order valence-corrected chi connectivity index (χ4v) is 2.35. The van der Waals surface area contributed by atoms with Crippen LogP contribution in [0.15, 0.2) is 48.5 Å². The number of ether oxygens (including phenoxy) is 1. The molecule has 4 nitrogen and oxygen atoms in total. The minimum atomic E-state index is -4.71. The molecule has 0 heterocycles. The molecular weight excluding hydrogens is 337 g/mol. The van der Waals surface area contributed by atoms with E-state index in [-0.39, 0.29) is 12.2 Å². The summed E-state index contributed by atoms with van der Waals surface area (Å²) in [6.07, 6.45) is -5.01. The second-order valence-corrected chi connectivity index (χ2v) is 5.56.